The van der Waals surface area contributed by atoms with E-state index in [1.165, 1.54) is 6.08 Å². The number of fused-ring (bicyclic) bond motifs is 5. The first-order valence-corrected chi connectivity index (χ1v) is 10.0. The van der Waals surface area contributed by atoms with E-state index in [0.29, 0.717) is 24.8 Å². The van der Waals surface area contributed by atoms with Gasteiger partial charge in [-0.25, -0.2) is 4.39 Å². The van der Waals surface area contributed by atoms with Gasteiger partial charge in [0.2, 0.25) is 0 Å². The lowest BCUT2D eigenvalue weighted by Crippen LogP contribution is -2.63. The molecule has 4 aliphatic rings. The van der Waals surface area contributed by atoms with Crippen molar-refractivity contribution in [2.24, 2.45) is 28.6 Å². The summed E-state index contributed by atoms with van der Waals surface area (Å²) in [5.41, 5.74) is -2.61. The van der Waals surface area contributed by atoms with Crippen molar-refractivity contribution in [2.45, 2.75) is 70.2 Å². The van der Waals surface area contributed by atoms with Gasteiger partial charge in [0.05, 0.1) is 6.10 Å². The van der Waals surface area contributed by atoms with Crippen LogP contribution in [0.1, 0.15) is 52.4 Å². The Bertz CT molecular complexity index is 719. The molecule has 0 heterocycles. The Balaban J connectivity index is 1.77. The monoisotopic (exact) mass is 380 g/mol. The molecule has 5 nitrogen and oxygen atoms in total. The largest absolute Gasteiger partial charge is 0.393 e. The van der Waals surface area contributed by atoms with Crippen LogP contribution in [-0.4, -0.2) is 51.4 Å². The average Bonchev–Trinajstić information content (AvgIpc) is 2.87. The van der Waals surface area contributed by atoms with E-state index >= 15 is 4.39 Å². The number of carbonyl (C=O) groups excluding carboxylic acids is 2. The predicted molar refractivity (Wildman–Crippen MR) is 95.4 cm³/mol. The number of alkyl halides is 1. The zero-order valence-corrected chi connectivity index (χ0v) is 15.9. The minimum absolute atomic E-state index is 0.0532. The van der Waals surface area contributed by atoms with E-state index in [-0.39, 0.29) is 42.8 Å². The minimum atomic E-state index is -1.68. The zero-order valence-electron chi connectivity index (χ0n) is 15.9. The maximum absolute atomic E-state index is 15.2. The van der Waals surface area contributed by atoms with Gasteiger partial charge in [0.1, 0.15) is 18.4 Å². The Kier molecular flexibility index (Phi) is 4.23. The molecule has 0 aromatic carbocycles. The molecule has 0 saturated heterocycles. The molecule has 0 aromatic heterocycles. The summed E-state index contributed by atoms with van der Waals surface area (Å²) in [6.07, 6.45) is 1.57. The van der Waals surface area contributed by atoms with Crippen molar-refractivity contribution in [2.75, 3.05) is 6.61 Å². The molecule has 3 fully saturated rings. The molecule has 8 atom stereocenters. The van der Waals surface area contributed by atoms with Gasteiger partial charge in [0.25, 0.3) is 0 Å². The van der Waals surface area contributed by atoms with E-state index in [2.05, 4.69) is 0 Å². The molecular weight excluding hydrogens is 351 g/mol. The van der Waals surface area contributed by atoms with Gasteiger partial charge >= 0.3 is 0 Å². The predicted octanol–water partition coefficient (Wildman–Crippen LogP) is 1.73. The van der Waals surface area contributed by atoms with Crippen LogP contribution in [0.25, 0.3) is 0 Å². The molecule has 3 saturated carbocycles. The average molecular weight is 380 g/mol. The maximum atomic E-state index is 15.2. The van der Waals surface area contributed by atoms with E-state index in [1.54, 1.807) is 0 Å². The number of aliphatic hydroxyl groups excluding tert-OH is 2. The maximum Gasteiger partial charge on any atom is 0.190 e. The number of halogens is 1. The van der Waals surface area contributed by atoms with Crippen molar-refractivity contribution < 1.29 is 29.3 Å². The van der Waals surface area contributed by atoms with Crippen LogP contribution in [0.3, 0.4) is 0 Å². The Morgan fingerprint density at radius 2 is 2.04 bits per heavy atom. The second kappa shape index (κ2) is 5.94. The van der Waals surface area contributed by atoms with Crippen molar-refractivity contribution >= 4 is 11.6 Å². The molecule has 3 N–H and O–H groups in total. The van der Waals surface area contributed by atoms with Gasteiger partial charge in [-0.3, -0.25) is 9.59 Å². The first-order chi connectivity index (χ1) is 12.6. The number of Topliss-reactive ketones (excluding diaryl/α,β-unsaturated/α-hetero) is 1. The summed E-state index contributed by atoms with van der Waals surface area (Å²) in [5, 5.41) is 31.6. The number of rotatable bonds is 2. The number of allylic oxidation sites excluding steroid dienone is 1. The molecule has 0 bridgehead atoms. The molecule has 0 radical (unpaired) electrons. The van der Waals surface area contributed by atoms with E-state index in [0.717, 1.165) is 0 Å². The van der Waals surface area contributed by atoms with Crippen LogP contribution in [0.15, 0.2) is 11.6 Å². The van der Waals surface area contributed by atoms with Crippen molar-refractivity contribution in [1.29, 1.82) is 0 Å². The standard InChI is InChI=1S/C21H29FO5/c1-19-5-3-11(24)7-14(19)15(22)8-12-13-4-6-21(27,17(26)10-23)20(13,2)9-16(25)18(12)19/h7,12-13,15-16,18,23,25,27H,3-6,8-10H2,1-2H3/t12-,13-,15?,16?,18+,19-,20-,21-/m0/s1. The summed E-state index contributed by atoms with van der Waals surface area (Å²) in [6.45, 7) is 3.03. The van der Waals surface area contributed by atoms with Crippen LogP contribution >= 0.6 is 0 Å². The molecule has 0 aromatic rings. The molecule has 4 aliphatic carbocycles. The molecule has 4 rings (SSSR count). The van der Waals surface area contributed by atoms with Gasteiger partial charge in [-0.05, 0) is 66.9 Å². The van der Waals surface area contributed by atoms with Crippen LogP contribution in [0.4, 0.5) is 4.39 Å². The molecular formula is C21H29FO5. The number of ketones is 2. The molecule has 150 valence electrons. The zero-order chi connectivity index (χ0) is 19.8. The third-order valence-electron chi connectivity index (χ3n) is 8.63. The number of hydrogen-bond acceptors (Lipinski definition) is 5. The van der Waals surface area contributed by atoms with E-state index in [9.17, 15) is 24.9 Å². The second-order valence-electron chi connectivity index (χ2n) is 9.65. The summed E-state index contributed by atoms with van der Waals surface area (Å²) in [5.74, 6) is -1.11. The minimum Gasteiger partial charge on any atom is -0.393 e. The fraction of sp³-hybridized carbons (Fsp3) is 0.810. The highest BCUT2D eigenvalue weighted by atomic mass is 19.1. The normalized spacial score (nSPS) is 51.9. The smallest absolute Gasteiger partial charge is 0.190 e. The van der Waals surface area contributed by atoms with Crippen molar-refractivity contribution in [3.63, 3.8) is 0 Å². The highest BCUT2D eigenvalue weighted by Gasteiger charge is 2.69. The van der Waals surface area contributed by atoms with Crippen LogP contribution in [0.2, 0.25) is 0 Å². The first kappa shape index (κ1) is 19.2. The summed E-state index contributed by atoms with van der Waals surface area (Å²) in [4.78, 5) is 24.2. The van der Waals surface area contributed by atoms with Gasteiger partial charge in [-0.2, -0.15) is 0 Å². The summed E-state index contributed by atoms with van der Waals surface area (Å²) in [6, 6.07) is 0. The van der Waals surface area contributed by atoms with Crippen LogP contribution in [-0.2, 0) is 9.59 Å². The molecule has 2 unspecified atom stereocenters. The van der Waals surface area contributed by atoms with Crippen LogP contribution in [0, 0.1) is 28.6 Å². The third-order valence-corrected chi connectivity index (χ3v) is 8.63. The molecule has 6 heteroatoms. The number of hydrogen-bond donors (Lipinski definition) is 3. The van der Waals surface area contributed by atoms with E-state index in [4.69, 9.17) is 0 Å². The first-order valence-electron chi connectivity index (χ1n) is 10.0. The van der Waals surface area contributed by atoms with Crippen molar-refractivity contribution in [3.05, 3.63) is 11.6 Å². The number of aliphatic hydroxyl groups is 3. The second-order valence-corrected chi connectivity index (χ2v) is 9.65. The topological polar surface area (TPSA) is 94.8 Å². The lowest BCUT2D eigenvalue weighted by atomic mass is 9.45. The Morgan fingerprint density at radius 3 is 2.70 bits per heavy atom. The summed E-state index contributed by atoms with van der Waals surface area (Å²) < 4.78 is 15.2. The van der Waals surface area contributed by atoms with Gasteiger partial charge in [-0.1, -0.05) is 13.8 Å². The van der Waals surface area contributed by atoms with Gasteiger partial charge in [0, 0.05) is 11.8 Å². The molecule has 0 spiro atoms. The Labute approximate surface area is 158 Å². The van der Waals surface area contributed by atoms with Crippen LogP contribution < -0.4 is 0 Å². The van der Waals surface area contributed by atoms with E-state index < -0.39 is 41.1 Å². The lowest BCUT2D eigenvalue weighted by Gasteiger charge is -2.61. The highest BCUT2D eigenvalue weighted by molar-refractivity contribution is 5.92. The highest BCUT2D eigenvalue weighted by Crippen LogP contribution is 2.67. The van der Waals surface area contributed by atoms with Gasteiger partial charge in [0.15, 0.2) is 11.6 Å². The van der Waals surface area contributed by atoms with Gasteiger partial charge < -0.3 is 15.3 Å². The van der Waals surface area contributed by atoms with Gasteiger partial charge in [-0.15, -0.1) is 0 Å². The molecule has 0 aliphatic heterocycles. The lowest BCUT2D eigenvalue weighted by molar-refractivity contribution is -0.185. The Hall–Kier alpha value is -1.11. The SMILES string of the molecule is C[C@]12CCC(=O)C=C1C(F)C[C@@H]1[C@@H]2C(O)C[C@@]2(C)[C@H]1CC[C@]2(O)C(=O)CO. The number of carbonyl (C=O) groups is 2. The molecule has 0 amide bonds. The quantitative estimate of drug-likeness (QED) is 0.678. The van der Waals surface area contributed by atoms with Crippen molar-refractivity contribution in [3.8, 4) is 0 Å². The third kappa shape index (κ3) is 2.33. The fourth-order valence-electron chi connectivity index (χ4n) is 7.29. The van der Waals surface area contributed by atoms with Crippen molar-refractivity contribution in [1.82, 2.24) is 0 Å². The van der Waals surface area contributed by atoms with E-state index in [1.807, 2.05) is 13.8 Å². The Morgan fingerprint density at radius 1 is 1.33 bits per heavy atom. The molecule has 27 heavy (non-hydrogen) atoms. The van der Waals surface area contributed by atoms with Crippen LogP contribution in [0.5, 0.6) is 0 Å². The summed E-state index contributed by atoms with van der Waals surface area (Å²) in [7, 11) is 0. The fourth-order valence-corrected chi connectivity index (χ4v) is 7.29. The summed E-state index contributed by atoms with van der Waals surface area (Å²) >= 11 is 0.